The van der Waals surface area contributed by atoms with Crippen LogP contribution in [0.25, 0.3) is 0 Å². The smallest absolute Gasteiger partial charge is 0.410 e. The van der Waals surface area contributed by atoms with Crippen LogP contribution in [-0.4, -0.2) is 59.9 Å². The molecule has 1 aliphatic heterocycles. The van der Waals surface area contributed by atoms with E-state index in [0.29, 0.717) is 13.1 Å². The molecule has 8 nitrogen and oxygen atoms in total. The standard InChI is InChI=1S/C20H35N5O3.HI/c1-7-21-18(22-11-10-17-14(2)24-28-15(17)3)23-16-9-8-12-25(13-16)19(26)27-20(4,5)6;/h16H,7-13H2,1-6H3,(H2,21,22,23);1H. The lowest BCUT2D eigenvalue weighted by Gasteiger charge is -2.35. The number of aliphatic imine (C=N–C) groups is 1. The molecule has 1 unspecified atom stereocenters. The number of amides is 1. The third kappa shape index (κ3) is 8.39. The molecule has 1 saturated heterocycles. The predicted molar refractivity (Wildman–Crippen MR) is 125 cm³/mol. The van der Waals surface area contributed by atoms with Crippen molar-refractivity contribution >= 4 is 36.0 Å². The molecule has 2 rings (SSSR count). The van der Waals surface area contributed by atoms with Gasteiger partial charge in [-0.25, -0.2) is 4.79 Å². The summed E-state index contributed by atoms with van der Waals surface area (Å²) in [5.74, 6) is 1.62. The number of carbonyl (C=O) groups is 1. The van der Waals surface area contributed by atoms with Crippen molar-refractivity contribution in [2.45, 2.75) is 72.4 Å². The number of aromatic nitrogens is 1. The van der Waals surface area contributed by atoms with E-state index in [1.54, 1.807) is 4.90 Å². The van der Waals surface area contributed by atoms with Gasteiger partial charge in [0.1, 0.15) is 11.4 Å². The zero-order valence-corrected chi connectivity index (χ0v) is 20.8. The van der Waals surface area contributed by atoms with Crippen molar-refractivity contribution in [3.63, 3.8) is 0 Å². The van der Waals surface area contributed by atoms with Crippen LogP contribution in [-0.2, 0) is 11.2 Å². The van der Waals surface area contributed by atoms with Crippen molar-refractivity contribution in [1.29, 1.82) is 0 Å². The molecule has 1 atom stereocenters. The molecule has 0 saturated carbocycles. The number of nitrogens with zero attached hydrogens (tertiary/aromatic N) is 3. The zero-order valence-electron chi connectivity index (χ0n) is 18.5. The first-order valence-electron chi connectivity index (χ1n) is 10.1. The minimum absolute atomic E-state index is 0. The molecule has 29 heavy (non-hydrogen) atoms. The normalized spacial score (nSPS) is 17.5. The van der Waals surface area contributed by atoms with Gasteiger partial charge < -0.3 is 24.8 Å². The molecule has 9 heteroatoms. The molecule has 166 valence electrons. The number of likely N-dealkylation sites (tertiary alicyclic amines) is 1. The van der Waals surface area contributed by atoms with Gasteiger partial charge in [-0.15, -0.1) is 24.0 Å². The molecule has 0 aromatic carbocycles. The fourth-order valence-corrected chi connectivity index (χ4v) is 3.24. The molecular weight excluding hydrogens is 485 g/mol. The van der Waals surface area contributed by atoms with Crippen LogP contribution in [0.3, 0.4) is 0 Å². The van der Waals surface area contributed by atoms with Gasteiger partial charge in [0.25, 0.3) is 0 Å². The molecule has 0 bridgehead atoms. The van der Waals surface area contributed by atoms with Gasteiger partial charge in [0, 0.05) is 37.8 Å². The van der Waals surface area contributed by atoms with Crippen molar-refractivity contribution in [3.05, 3.63) is 17.0 Å². The number of piperidine rings is 1. The second-order valence-electron chi connectivity index (χ2n) is 8.22. The Labute approximate surface area is 191 Å². The van der Waals surface area contributed by atoms with E-state index in [9.17, 15) is 4.79 Å². The van der Waals surface area contributed by atoms with Gasteiger partial charge in [-0.3, -0.25) is 4.99 Å². The fourth-order valence-electron chi connectivity index (χ4n) is 3.24. The Morgan fingerprint density at radius 2 is 2.10 bits per heavy atom. The summed E-state index contributed by atoms with van der Waals surface area (Å²) in [6.45, 7) is 14.3. The average molecular weight is 521 g/mol. The van der Waals surface area contributed by atoms with E-state index in [2.05, 4.69) is 20.8 Å². The average Bonchev–Trinajstić information content (AvgIpc) is 2.92. The van der Waals surface area contributed by atoms with Crippen LogP contribution < -0.4 is 10.6 Å². The Bertz CT molecular complexity index is 665. The number of aryl methyl sites for hydroxylation is 2. The fraction of sp³-hybridized carbons (Fsp3) is 0.750. The maximum Gasteiger partial charge on any atom is 0.410 e. The second-order valence-corrected chi connectivity index (χ2v) is 8.22. The summed E-state index contributed by atoms with van der Waals surface area (Å²) in [5.41, 5.74) is 1.56. The summed E-state index contributed by atoms with van der Waals surface area (Å²) in [5, 5.41) is 10.7. The van der Waals surface area contributed by atoms with Crippen LogP contribution in [0.2, 0.25) is 0 Å². The molecule has 0 spiro atoms. The summed E-state index contributed by atoms with van der Waals surface area (Å²) in [6.07, 6.45) is 2.47. The highest BCUT2D eigenvalue weighted by molar-refractivity contribution is 14.0. The number of hydrogen-bond donors (Lipinski definition) is 2. The lowest BCUT2D eigenvalue weighted by molar-refractivity contribution is 0.0193. The predicted octanol–water partition coefficient (Wildman–Crippen LogP) is 3.41. The zero-order chi connectivity index (χ0) is 20.7. The highest BCUT2D eigenvalue weighted by Crippen LogP contribution is 2.16. The molecule has 0 aliphatic carbocycles. The van der Waals surface area contributed by atoms with E-state index >= 15 is 0 Å². The number of rotatable bonds is 5. The van der Waals surface area contributed by atoms with Gasteiger partial charge in [-0.1, -0.05) is 5.16 Å². The highest BCUT2D eigenvalue weighted by Gasteiger charge is 2.28. The summed E-state index contributed by atoms with van der Waals surface area (Å²) in [7, 11) is 0. The summed E-state index contributed by atoms with van der Waals surface area (Å²) < 4.78 is 10.7. The van der Waals surface area contributed by atoms with Gasteiger partial charge in [0.15, 0.2) is 5.96 Å². The van der Waals surface area contributed by atoms with E-state index in [4.69, 9.17) is 9.26 Å². The summed E-state index contributed by atoms with van der Waals surface area (Å²) >= 11 is 0. The molecule has 1 fully saturated rings. The van der Waals surface area contributed by atoms with Crippen molar-refractivity contribution in [3.8, 4) is 0 Å². The molecule has 1 aliphatic rings. The van der Waals surface area contributed by atoms with E-state index in [0.717, 1.165) is 55.3 Å². The van der Waals surface area contributed by atoms with Crippen molar-refractivity contribution in [2.24, 2.45) is 4.99 Å². The lowest BCUT2D eigenvalue weighted by atomic mass is 10.1. The Morgan fingerprint density at radius 3 is 2.69 bits per heavy atom. The molecule has 0 radical (unpaired) electrons. The molecule has 2 N–H and O–H groups in total. The number of hydrogen-bond acceptors (Lipinski definition) is 5. The Kier molecular flexibility index (Phi) is 10.2. The van der Waals surface area contributed by atoms with Crippen LogP contribution in [0.15, 0.2) is 9.52 Å². The van der Waals surface area contributed by atoms with Crippen LogP contribution in [0.1, 0.15) is 57.6 Å². The van der Waals surface area contributed by atoms with Crippen LogP contribution >= 0.6 is 24.0 Å². The number of nitrogens with one attached hydrogen (secondary N) is 2. The van der Waals surface area contributed by atoms with E-state index in [-0.39, 0.29) is 36.1 Å². The third-order valence-corrected chi connectivity index (χ3v) is 4.57. The van der Waals surface area contributed by atoms with Gasteiger partial charge in [0.2, 0.25) is 0 Å². The minimum Gasteiger partial charge on any atom is -0.444 e. The van der Waals surface area contributed by atoms with Crippen LogP contribution in [0, 0.1) is 13.8 Å². The first kappa shape index (κ1) is 25.5. The number of guanidine groups is 1. The topological polar surface area (TPSA) is 92.0 Å². The van der Waals surface area contributed by atoms with Crippen molar-refractivity contribution in [1.82, 2.24) is 20.7 Å². The van der Waals surface area contributed by atoms with E-state index < -0.39 is 5.60 Å². The second kappa shape index (κ2) is 11.6. The van der Waals surface area contributed by atoms with Gasteiger partial charge in [-0.05, 0) is 60.8 Å². The summed E-state index contributed by atoms with van der Waals surface area (Å²) in [4.78, 5) is 18.8. The first-order valence-corrected chi connectivity index (χ1v) is 10.1. The maximum atomic E-state index is 12.4. The van der Waals surface area contributed by atoms with Crippen molar-refractivity contribution < 1.29 is 14.1 Å². The van der Waals surface area contributed by atoms with Gasteiger partial charge in [0.05, 0.1) is 5.69 Å². The van der Waals surface area contributed by atoms with Gasteiger partial charge >= 0.3 is 6.09 Å². The minimum atomic E-state index is -0.480. The third-order valence-electron chi connectivity index (χ3n) is 4.57. The first-order chi connectivity index (χ1) is 13.2. The highest BCUT2D eigenvalue weighted by atomic mass is 127. The lowest BCUT2D eigenvalue weighted by Crippen LogP contribution is -2.53. The maximum absolute atomic E-state index is 12.4. The Balaban J connectivity index is 0.00000420. The number of halogens is 1. The molecule has 1 amide bonds. The van der Waals surface area contributed by atoms with Crippen LogP contribution in [0.5, 0.6) is 0 Å². The molecule has 1 aromatic heterocycles. The monoisotopic (exact) mass is 521 g/mol. The SMILES string of the molecule is CCNC(=NCCc1c(C)noc1C)NC1CCCN(C(=O)OC(C)(C)C)C1.I. The van der Waals surface area contributed by atoms with E-state index in [1.807, 2.05) is 41.5 Å². The van der Waals surface area contributed by atoms with Crippen LogP contribution in [0.4, 0.5) is 4.79 Å². The number of ether oxygens (including phenoxy) is 1. The van der Waals surface area contributed by atoms with E-state index in [1.165, 1.54) is 0 Å². The molecular formula is C20H36IN5O3. The quantitative estimate of drug-likeness (QED) is 0.351. The Morgan fingerprint density at radius 1 is 1.38 bits per heavy atom. The molecule has 1 aromatic rings. The molecule has 2 heterocycles. The van der Waals surface area contributed by atoms with Gasteiger partial charge in [-0.2, -0.15) is 0 Å². The largest absolute Gasteiger partial charge is 0.444 e. The summed E-state index contributed by atoms with van der Waals surface area (Å²) in [6, 6.07) is 0.151. The Hall–Kier alpha value is -1.52. The van der Waals surface area contributed by atoms with Crippen molar-refractivity contribution in [2.75, 3.05) is 26.2 Å². The number of carbonyl (C=O) groups excluding carboxylic acids is 1.